The lowest BCUT2D eigenvalue weighted by molar-refractivity contribution is 0.177. The van der Waals surface area contributed by atoms with Crippen LogP contribution >= 0.6 is 12.4 Å². The van der Waals surface area contributed by atoms with Gasteiger partial charge in [0.05, 0.1) is 6.04 Å². The lowest BCUT2D eigenvalue weighted by Crippen LogP contribution is -2.18. The predicted molar refractivity (Wildman–Crippen MR) is 89.6 cm³/mol. The maximum Gasteiger partial charge on any atom is 0.407 e. The van der Waals surface area contributed by atoms with E-state index in [-0.39, 0.29) is 24.5 Å². The number of hydrogen-bond donors (Lipinski definition) is 1. The minimum absolute atomic E-state index is 0. The van der Waals surface area contributed by atoms with Gasteiger partial charge >= 0.3 is 6.09 Å². The van der Waals surface area contributed by atoms with Gasteiger partial charge in [-0.15, -0.1) is 12.4 Å². The van der Waals surface area contributed by atoms with E-state index in [0.717, 1.165) is 12.1 Å². The van der Waals surface area contributed by atoms with Crippen molar-refractivity contribution < 1.29 is 9.53 Å². The summed E-state index contributed by atoms with van der Waals surface area (Å²) in [4.78, 5) is 11.2. The summed E-state index contributed by atoms with van der Waals surface area (Å²) >= 11 is 0. The zero-order valence-electron chi connectivity index (χ0n) is 12.2. The van der Waals surface area contributed by atoms with E-state index in [4.69, 9.17) is 4.74 Å². The van der Waals surface area contributed by atoms with E-state index in [1.165, 1.54) is 21.8 Å². The molecule has 22 heavy (non-hydrogen) atoms. The minimum Gasteiger partial charge on any atom is -0.447 e. The number of carbonyl (C=O) groups is 1. The van der Waals surface area contributed by atoms with E-state index in [0.29, 0.717) is 6.61 Å². The molecule has 0 aliphatic carbocycles. The Balaban J connectivity index is 0.00000144. The molecule has 0 radical (unpaired) electrons. The first-order valence-electron chi connectivity index (χ1n) is 7.22. The summed E-state index contributed by atoms with van der Waals surface area (Å²) in [5.74, 6) is 0. The number of para-hydroxylation sites is 1. The molecule has 1 aliphatic heterocycles. The van der Waals surface area contributed by atoms with Gasteiger partial charge in [-0.25, -0.2) is 4.79 Å². The Morgan fingerprint density at radius 1 is 1.18 bits per heavy atom. The number of amides is 1. The van der Waals surface area contributed by atoms with Crippen LogP contribution in [-0.4, -0.2) is 17.3 Å². The molecular formula is C17H17ClN2O2. The molecule has 1 amide bonds. The molecule has 4 nitrogen and oxygen atoms in total. The number of rotatable bonds is 2. The lowest BCUT2D eigenvalue weighted by Gasteiger charge is -2.08. The Hall–Kier alpha value is -2.20. The largest absolute Gasteiger partial charge is 0.447 e. The first-order valence-corrected chi connectivity index (χ1v) is 7.22. The van der Waals surface area contributed by atoms with Crippen LogP contribution in [0, 0.1) is 0 Å². The van der Waals surface area contributed by atoms with Crippen molar-refractivity contribution in [2.24, 2.45) is 0 Å². The topological polar surface area (TPSA) is 43.3 Å². The number of alkyl carbamates (subject to hydrolysis) is 1. The Labute approximate surface area is 134 Å². The number of aromatic nitrogens is 1. The third kappa shape index (κ3) is 2.11. The van der Waals surface area contributed by atoms with Crippen LogP contribution in [0.4, 0.5) is 4.79 Å². The van der Waals surface area contributed by atoms with E-state index in [1.54, 1.807) is 0 Å². The second kappa shape index (κ2) is 5.54. The molecule has 0 saturated carbocycles. The summed E-state index contributed by atoms with van der Waals surface area (Å²) in [5, 5.41) is 5.31. The average molecular weight is 317 g/mol. The van der Waals surface area contributed by atoms with Crippen molar-refractivity contribution in [1.82, 2.24) is 9.88 Å². The third-order valence-corrected chi connectivity index (χ3v) is 4.19. The van der Waals surface area contributed by atoms with Crippen LogP contribution in [0.15, 0.2) is 42.5 Å². The molecule has 1 aromatic heterocycles. The summed E-state index contributed by atoms with van der Waals surface area (Å²) in [6, 6.07) is 14.8. The van der Waals surface area contributed by atoms with Crippen LogP contribution in [0.3, 0.4) is 0 Å². The van der Waals surface area contributed by atoms with E-state index < -0.39 is 0 Å². The second-order valence-electron chi connectivity index (χ2n) is 5.33. The fourth-order valence-corrected chi connectivity index (χ4v) is 3.19. The van der Waals surface area contributed by atoms with E-state index in [9.17, 15) is 4.79 Å². The number of cyclic esters (lactones) is 1. The van der Waals surface area contributed by atoms with Crippen LogP contribution < -0.4 is 5.32 Å². The Kier molecular flexibility index (Phi) is 3.71. The molecule has 1 N–H and O–H groups in total. The van der Waals surface area contributed by atoms with E-state index >= 15 is 0 Å². The fourth-order valence-electron chi connectivity index (χ4n) is 3.19. The highest BCUT2D eigenvalue weighted by Crippen LogP contribution is 2.31. The molecule has 3 aromatic rings. The van der Waals surface area contributed by atoms with Crippen LogP contribution in [-0.2, 0) is 11.3 Å². The molecule has 2 aromatic carbocycles. The normalized spacial score (nSPS) is 17.3. The van der Waals surface area contributed by atoms with Crippen molar-refractivity contribution in [3.8, 4) is 0 Å². The molecular weight excluding hydrogens is 300 g/mol. The number of aryl methyl sites for hydroxylation is 1. The van der Waals surface area contributed by atoms with Crippen LogP contribution in [0.25, 0.3) is 21.8 Å². The molecule has 5 heteroatoms. The van der Waals surface area contributed by atoms with Gasteiger partial charge in [0.25, 0.3) is 0 Å². The van der Waals surface area contributed by atoms with Gasteiger partial charge in [-0.1, -0.05) is 24.3 Å². The van der Waals surface area contributed by atoms with E-state index in [1.807, 2.05) is 0 Å². The molecule has 1 atom stereocenters. The molecule has 1 fully saturated rings. The van der Waals surface area contributed by atoms with Crippen molar-refractivity contribution in [1.29, 1.82) is 0 Å². The first kappa shape index (κ1) is 14.7. The van der Waals surface area contributed by atoms with Gasteiger partial charge in [0, 0.05) is 28.4 Å². The molecule has 0 bridgehead atoms. The van der Waals surface area contributed by atoms with Gasteiger partial charge in [-0.3, -0.25) is 0 Å². The lowest BCUT2D eigenvalue weighted by atomic mass is 10.0. The third-order valence-electron chi connectivity index (χ3n) is 4.19. The Bertz CT molecular complexity index is 856. The van der Waals surface area contributed by atoms with Crippen molar-refractivity contribution in [3.63, 3.8) is 0 Å². The molecule has 0 spiro atoms. The van der Waals surface area contributed by atoms with Gasteiger partial charge in [-0.2, -0.15) is 0 Å². The van der Waals surface area contributed by atoms with Crippen LogP contribution in [0.2, 0.25) is 0 Å². The number of fused-ring (bicyclic) bond motifs is 3. The fraction of sp³-hybridized carbons (Fsp3) is 0.235. The van der Waals surface area contributed by atoms with Gasteiger partial charge in [0.1, 0.15) is 6.61 Å². The summed E-state index contributed by atoms with van der Waals surface area (Å²) in [5.41, 5.74) is 3.57. The minimum atomic E-state index is -0.337. The number of benzene rings is 2. The highest BCUT2D eigenvalue weighted by molar-refractivity contribution is 6.08. The number of carbonyl (C=O) groups excluding carboxylic acids is 1. The number of ether oxygens (including phenoxy) is 1. The van der Waals surface area contributed by atoms with Crippen molar-refractivity contribution in [2.75, 3.05) is 6.61 Å². The summed E-state index contributed by atoms with van der Waals surface area (Å²) in [6.07, 6.45) is -0.337. The summed E-state index contributed by atoms with van der Waals surface area (Å²) < 4.78 is 7.31. The van der Waals surface area contributed by atoms with Gasteiger partial charge < -0.3 is 14.6 Å². The molecule has 0 unspecified atom stereocenters. The van der Waals surface area contributed by atoms with E-state index in [2.05, 4.69) is 59.3 Å². The SMILES string of the molecule is CCn1c2ccccc2c2cc([C@@H]3COC(=O)N3)ccc21.Cl. The summed E-state index contributed by atoms with van der Waals surface area (Å²) in [7, 11) is 0. The maximum absolute atomic E-state index is 11.2. The number of hydrogen-bond acceptors (Lipinski definition) is 2. The summed E-state index contributed by atoms with van der Waals surface area (Å²) in [6.45, 7) is 3.49. The monoisotopic (exact) mass is 316 g/mol. The van der Waals surface area contributed by atoms with Crippen LogP contribution in [0.1, 0.15) is 18.5 Å². The van der Waals surface area contributed by atoms with Crippen molar-refractivity contribution >= 4 is 40.3 Å². The quantitative estimate of drug-likeness (QED) is 0.776. The number of halogens is 1. The second-order valence-corrected chi connectivity index (χ2v) is 5.33. The average Bonchev–Trinajstić information content (AvgIpc) is 3.08. The molecule has 1 aliphatic rings. The van der Waals surface area contributed by atoms with Gasteiger partial charge in [0.2, 0.25) is 0 Å². The maximum atomic E-state index is 11.2. The zero-order chi connectivity index (χ0) is 14.4. The first-order chi connectivity index (χ1) is 10.3. The van der Waals surface area contributed by atoms with Gasteiger partial charge in [0.15, 0.2) is 0 Å². The Morgan fingerprint density at radius 2 is 1.95 bits per heavy atom. The Morgan fingerprint density at radius 3 is 2.68 bits per heavy atom. The number of nitrogens with one attached hydrogen (secondary N) is 1. The molecule has 2 heterocycles. The molecule has 4 rings (SSSR count). The van der Waals surface area contributed by atoms with Crippen LogP contribution in [0.5, 0.6) is 0 Å². The highest BCUT2D eigenvalue weighted by Gasteiger charge is 2.24. The number of nitrogens with zero attached hydrogens (tertiary/aromatic N) is 1. The highest BCUT2D eigenvalue weighted by atomic mass is 35.5. The smallest absolute Gasteiger partial charge is 0.407 e. The predicted octanol–water partition coefficient (Wildman–Crippen LogP) is 4.02. The van der Waals surface area contributed by atoms with Crippen molar-refractivity contribution in [2.45, 2.75) is 19.5 Å². The molecule has 1 saturated heterocycles. The van der Waals surface area contributed by atoms with Crippen molar-refractivity contribution in [3.05, 3.63) is 48.0 Å². The van der Waals surface area contributed by atoms with Gasteiger partial charge in [-0.05, 0) is 30.7 Å². The molecule has 114 valence electrons. The zero-order valence-corrected chi connectivity index (χ0v) is 13.0. The standard InChI is InChI=1S/C17H16N2O2.ClH/c1-2-19-15-6-4-3-5-12(15)13-9-11(7-8-16(13)19)14-10-21-17(20)18-14;/h3-9,14H,2,10H2,1H3,(H,18,20);1H/t14-;/m0./s1.